The lowest BCUT2D eigenvalue weighted by molar-refractivity contribution is -0.121. The van der Waals surface area contributed by atoms with E-state index in [9.17, 15) is 4.79 Å². The lowest BCUT2D eigenvalue weighted by atomic mass is 10.2. The number of aromatic nitrogens is 2. The number of benzene rings is 1. The van der Waals surface area contributed by atoms with Gasteiger partial charge in [-0.1, -0.05) is 23.7 Å². The largest absolute Gasteiger partial charge is 0.354 e. The first-order chi connectivity index (χ1) is 8.58. The average molecular weight is 266 g/mol. The van der Waals surface area contributed by atoms with Crippen LogP contribution in [0.5, 0.6) is 0 Å². The molecule has 0 fully saturated rings. The molecule has 0 saturated carbocycles. The molecule has 1 aromatic carbocycles. The molecule has 0 radical (unpaired) electrons. The molecular formula is C13H16ClN3O. The number of hydrogen-bond donors (Lipinski definition) is 1. The Balaban J connectivity index is 2.10. The summed E-state index contributed by atoms with van der Waals surface area (Å²) < 4.78 is 1.78. The molecule has 0 aliphatic rings. The Bertz CT molecular complexity index is 562. The maximum absolute atomic E-state index is 11.6. The minimum absolute atomic E-state index is 0.0284. The number of fused-ring (bicyclic) bond motifs is 1. The molecule has 2 aromatic rings. The Morgan fingerprint density at radius 3 is 2.89 bits per heavy atom. The zero-order chi connectivity index (χ0) is 13.1. The second kappa shape index (κ2) is 5.40. The molecule has 18 heavy (non-hydrogen) atoms. The number of para-hydroxylation sites is 1. The van der Waals surface area contributed by atoms with E-state index < -0.39 is 0 Å². The van der Waals surface area contributed by atoms with Gasteiger partial charge in [-0.05, 0) is 26.0 Å². The van der Waals surface area contributed by atoms with E-state index in [1.54, 1.807) is 4.68 Å². The van der Waals surface area contributed by atoms with Gasteiger partial charge in [-0.15, -0.1) is 0 Å². The van der Waals surface area contributed by atoms with Crippen LogP contribution in [0.25, 0.3) is 10.9 Å². The van der Waals surface area contributed by atoms with E-state index in [-0.39, 0.29) is 11.9 Å². The summed E-state index contributed by atoms with van der Waals surface area (Å²) in [5.41, 5.74) is 0.958. The van der Waals surface area contributed by atoms with Crippen molar-refractivity contribution in [1.82, 2.24) is 15.1 Å². The summed E-state index contributed by atoms with van der Waals surface area (Å²) in [5, 5.41) is 8.50. The van der Waals surface area contributed by atoms with Crippen molar-refractivity contribution in [2.24, 2.45) is 0 Å². The topological polar surface area (TPSA) is 46.9 Å². The van der Waals surface area contributed by atoms with Gasteiger partial charge in [0.15, 0.2) is 5.15 Å². The van der Waals surface area contributed by atoms with Crippen LogP contribution >= 0.6 is 11.6 Å². The van der Waals surface area contributed by atoms with Crippen LogP contribution in [-0.2, 0) is 11.3 Å². The summed E-state index contributed by atoms with van der Waals surface area (Å²) >= 11 is 6.04. The maximum atomic E-state index is 11.6. The van der Waals surface area contributed by atoms with Gasteiger partial charge in [-0.3, -0.25) is 9.48 Å². The zero-order valence-corrected chi connectivity index (χ0v) is 11.2. The van der Waals surface area contributed by atoms with E-state index in [1.165, 1.54) is 0 Å². The lowest BCUT2D eigenvalue weighted by Gasteiger charge is -2.08. The van der Waals surface area contributed by atoms with Crippen molar-refractivity contribution in [2.45, 2.75) is 32.9 Å². The second-order valence-corrected chi connectivity index (χ2v) is 4.86. The third kappa shape index (κ3) is 2.82. The summed E-state index contributed by atoms with van der Waals surface area (Å²) in [6, 6.07) is 7.90. The van der Waals surface area contributed by atoms with Crippen molar-refractivity contribution in [3.63, 3.8) is 0 Å². The molecule has 1 amide bonds. The Kier molecular flexibility index (Phi) is 3.87. The summed E-state index contributed by atoms with van der Waals surface area (Å²) in [5.74, 6) is 0.0284. The van der Waals surface area contributed by atoms with Gasteiger partial charge in [0.1, 0.15) is 0 Å². The van der Waals surface area contributed by atoms with Crippen LogP contribution in [0.1, 0.15) is 20.3 Å². The molecule has 96 valence electrons. The van der Waals surface area contributed by atoms with Crippen LogP contribution in [-0.4, -0.2) is 21.7 Å². The highest BCUT2D eigenvalue weighted by Gasteiger charge is 2.09. The normalized spacial score (nSPS) is 11.1. The fourth-order valence-corrected chi connectivity index (χ4v) is 2.11. The highest BCUT2D eigenvalue weighted by Crippen LogP contribution is 2.22. The van der Waals surface area contributed by atoms with Gasteiger partial charge < -0.3 is 5.32 Å². The van der Waals surface area contributed by atoms with E-state index in [0.29, 0.717) is 18.1 Å². The zero-order valence-electron chi connectivity index (χ0n) is 10.5. The number of rotatable bonds is 4. The van der Waals surface area contributed by atoms with E-state index in [2.05, 4.69) is 10.4 Å². The Morgan fingerprint density at radius 2 is 2.17 bits per heavy atom. The summed E-state index contributed by atoms with van der Waals surface area (Å²) in [6.45, 7) is 4.42. The van der Waals surface area contributed by atoms with Gasteiger partial charge in [-0.2, -0.15) is 5.10 Å². The van der Waals surface area contributed by atoms with Crippen LogP contribution in [0, 0.1) is 0 Å². The van der Waals surface area contributed by atoms with Crippen molar-refractivity contribution >= 4 is 28.4 Å². The van der Waals surface area contributed by atoms with Gasteiger partial charge in [0.05, 0.1) is 12.1 Å². The van der Waals surface area contributed by atoms with E-state index >= 15 is 0 Å². The molecule has 1 heterocycles. The first-order valence-corrected chi connectivity index (χ1v) is 6.36. The SMILES string of the molecule is CC(C)NC(=O)CCn1nc(Cl)c2ccccc21. The molecule has 0 aliphatic carbocycles. The van der Waals surface area contributed by atoms with Crippen molar-refractivity contribution in [3.05, 3.63) is 29.4 Å². The molecule has 0 spiro atoms. The van der Waals surface area contributed by atoms with Gasteiger partial charge in [-0.25, -0.2) is 0 Å². The predicted molar refractivity (Wildman–Crippen MR) is 72.6 cm³/mol. The molecule has 1 N–H and O–H groups in total. The van der Waals surface area contributed by atoms with Gasteiger partial charge in [0, 0.05) is 17.8 Å². The summed E-state index contributed by atoms with van der Waals surface area (Å²) in [7, 11) is 0. The molecule has 0 unspecified atom stereocenters. The van der Waals surface area contributed by atoms with Crippen molar-refractivity contribution in [3.8, 4) is 0 Å². The number of halogens is 1. The second-order valence-electron chi connectivity index (χ2n) is 4.50. The standard InChI is InChI=1S/C13H16ClN3O/c1-9(2)15-12(18)7-8-17-11-6-4-3-5-10(11)13(14)16-17/h3-6,9H,7-8H2,1-2H3,(H,15,18). The summed E-state index contributed by atoms with van der Waals surface area (Å²) in [6.07, 6.45) is 0.403. The van der Waals surface area contributed by atoms with Crippen LogP contribution in [0.2, 0.25) is 5.15 Å². The highest BCUT2D eigenvalue weighted by molar-refractivity contribution is 6.34. The van der Waals surface area contributed by atoms with Gasteiger partial charge in [0.2, 0.25) is 5.91 Å². The van der Waals surface area contributed by atoms with Crippen LogP contribution < -0.4 is 5.32 Å². The maximum Gasteiger partial charge on any atom is 0.222 e. The summed E-state index contributed by atoms with van der Waals surface area (Å²) in [4.78, 5) is 11.6. The third-order valence-corrected chi connectivity index (χ3v) is 2.89. The molecular weight excluding hydrogens is 250 g/mol. The number of carbonyl (C=O) groups excluding carboxylic acids is 1. The first kappa shape index (κ1) is 12.9. The van der Waals surface area contributed by atoms with Crippen molar-refractivity contribution in [2.75, 3.05) is 0 Å². The Labute approximate surface area is 111 Å². The average Bonchev–Trinajstić information content (AvgIpc) is 2.64. The third-order valence-electron chi connectivity index (χ3n) is 2.61. The molecule has 4 nitrogen and oxygen atoms in total. The highest BCUT2D eigenvalue weighted by atomic mass is 35.5. The van der Waals surface area contributed by atoms with Crippen LogP contribution in [0.3, 0.4) is 0 Å². The molecule has 0 aliphatic heterocycles. The molecule has 0 atom stereocenters. The minimum atomic E-state index is 0.0284. The smallest absolute Gasteiger partial charge is 0.222 e. The van der Waals surface area contributed by atoms with Gasteiger partial charge in [0.25, 0.3) is 0 Å². The molecule has 0 bridgehead atoms. The fraction of sp³-hybridized carbons (Fsp3) is 0.385. The number of carbonyl (C=O) groups is 1. The van der Waals surface area contributed by atoms with Crippen LogP contribution in [0.4, 0.5) is 0 Å². The molecule has 2 rings (SSSR count). The Hall–Kier alpha value is -1.55. The lowest BCUT2D eigenvalue weighted by Crippen LogP contribution is -2.30. The Morgan fingerprint density at radius 1 is 1.44 bits per heavy atom. The van der Waals surface area contributed by atoms with Crippen molar-refractivity contribution in [1.29, 1.82) is 0 Å². The molecule has 1 aromatic heterocycles. The van der Waals surface area contributed by atoms with E-state index in [1.807, 2.05) is 38.1 Å². The van der Waals surface area contributed by atoms with Gasteiger partial charge >= 0.3 is 0 Å². The molecule has 0 saturated heterocycles. The van der Waals surface area contributed by atoms with Crippen LogP contribution in [0.15, 0.2) is 24.3 Å². The monoisotopic (exact) mass is 265 g/mol. The minimum Gasteiger partial charge on any atom is -0.354 e. The predicted octanol–water partition coefficient (Wildman–Crippen LogP) is 2.60. The van der Waals surface area contributed by atoms with Crippen molar-refractivity contribution < 1.29 is 4.79 Å². The van der Waals surface area contributed by atoms with E-state index in [4.69, 9.17) is 11.6 Å². The number of nitrogens with one attached hydrogen (secondary N) is 1. The quantitative estimate of drug-likeness (QED) is 0.924. The van der Waals surface area contributed by atoms with E-state index in [0.717, 1.165) is 10.9 Å². The number of hydrogen-bond acceptors (Lipinski definition) is 2. The number of nitrogens with zero attached hydrogens (tertiary/aromatic N) is 2. The molecule has 5 heteroatoms. The number of amides is 1. The first-order valence-electron chi connectivity index (χ1n) is 5.98. The number of aryl methyl sites for hydroxylation is 1. The fourth-order valence-electron chi connectivity index (χ4n) is 1.86.